The zero-order valence-corrected chi connectivity index (χ0v) is 15.7. The van der Waals surface area contributed by atoms with E-state index in [2.05, 4.69) is 0 Å². The van der Waals surface area contributed by atoms with E-state index in [0.29, 0.717) is 18.4 Å². The van der Waals surface area contributed by atoms with Gasteiger partial charge in [0.2, 0.25) is 0 Å². The predicted molar refractivity (Wildman–Crippen MR) is 91.8 cm³/mol. The number of hydrogen-bond acceptors (Lipinski definition) is 6. The van der Waals surface area contributed by atoms with Gasteiger partial charge >= 0.3 is 5.97 Å². The van der Waals surface area contributed by atoms with Crippen LogP contribution in [-0.2, 0) is 14.3 Å². The molecule has 1 saturated heterocycles. The second kappa shape index (κ2) is 5.40. The lowest BCUT2D eigenvalue weighted by Crippen LogP contribution is -2.73. The van der Waals surface area contributed by atoms with Gasteiger partial charge in [-0.15, -0.1) is 0 Å². The summed E-state index contributed by atoms with van der Waals surface area (Å²) in [5, 5.41) is 33.3. The van der Waals surface area contributed by atoms with Gasteiger partial charge in [0, 0.05) is 28.7 Å². The SMILES string of the molecule is CC1=C2C(=O)[C@H](O)[C@]3(C)[C@H]([C@@H](O)[C@@H]4OC(=O)C[C@H]3[C@H]4C)[C@@]2(C)[C@H](O)CC1. The Balaban J connectivity index is 1.98. The molecule has 0 amide bonds. The highest BCUT2D eigenvalue weighted by molar-refractivity contribution is 6.02. The van der Waals surface area contributed by atoms with Crippen molar-refractivity contribution in [3.8, 4) is 0 Å². The molecule has 9 atom stereocenters. The number of hydrogen-bond donors (Lipinski definition) is 3. The third-order valence-corrected chi connectivity index (χ3v) is 8.13. The number of aliphatic hydroxyl groups is 3. The maximum atomic E-state index is 13.2. The topological polar surface area (TPSA) is 104 Å². The van der Waals surface area contributed by atoms with E-state index in [1.54, 1.807) is 6.92 Å². The zero-order valence-electron chi connectivity index (χ0n) is 15.7. The minimum atomic E-state index is -1.30. The van der Waals surface area contributed by atoms with Crippen LogP contribution in [0.2, 0.25) is 0 Å². The molecule has 144 valence electrons. The quantitative estimate of drug-likeness (QED) is 0.554. The number of allylic oxidation sites excluding steroid dienone is 1. The van der Waals surface area contributed by atoms with E-state index in [1.807, 2.05) is 20.8 Å². The van der Waals surface area contributed by atoms with Crippen LogP contribution in [0.4, 0.5) is 0 Å². The van der Waals surface area contributed by atoms with Crippen molar-refractivity contribution in [3.05, 3.63) is 11.1 Å². The third-order valence-electron chi connectivity index (χ3n) is 8.13. The van der Waals surface area contributed by atoms with E-state index in [1.165, 1.54) is 0 Å². The van der Waals surface area contributed by atoms with Gasteiger partial charge in [0.15, 0.2) is 5.78 Å². The Morgan fingerprint density at radius 3 is 2.46 bits per heavy atom. The Labute approximate surface area is 153 Å². The molecule has 6 nitrogen and oxygen atoms in total. The van der Waals surface area contributed by atoms with Gasteiger partial charge in [-0.3, -0.25) is 9.59 Å². The number of esters is 1. The average molecular weight is 364 g/mol. The summed E-state index contributed by atoms with van der Waals surface area (Å²) >= 11 is 0. The van der Waals surface area contributed by atoms with Gasteiger partial charge in [-0.25, -0.2) is 0 Å². The zero-order chi connectivity index (χ0) is 19.2. The van der Waals surface area contributed by atoms with Crippen molar-refractivity contribution in [1.82, 2.24) is 0 Å². The van der Waals surface area contributed by atoms with Crippen LogP contribution in [0.5, 0.6) is 0 Å². The highest BCUT2D eigenvalue weighted by atomic mass is 16.6. The van der Waals surface area contributed by atoms with E-state index in [4.69, 9.17) is 4.74 Å². The van der Waals surface area contributed by atoms with Crippen molar-refractivity contribution in [3.63, 3.8) is 0 Å². The largest absolute Gasteiger partial charge is 0.459 e. The first kappa shape index (κ1) is 18.1. The molecule has 26 heavy (non-hydrogen) atoms. The molecule has 2 bridgehead atoms. The summed E-state index contributed by atoms with van der Waals surface area (Å²) in [5.74, 6) is -1.78. The molecule has 1 heterocycles. The fourth-order valence-corrected chi connectivity index (χ4v) is 6.89. The van der Waals surface area contributed by atoms with Crippen LogP contribution in [0.3, 0.4) is 0 Å². The smallest absolute Gasteiger partial charge is 0.306 e. The number of fused-ring (bicyclic) bond motifs is 6. The molecule has 4 aliphatic rings. The van der Waals surface area contributed by atoms with Crippen molar-refractivity contribution >= 4 is 11.8 Å². The molecule has 1 aliphatic heterocycles. The van der Waals surface area contributed by atoms with Gasteiger partial charge in [-0.05, 0) is 31.6 Å². The van der Waals surface area contributed by atoms with Crippen molar-refractivity contribution in [1.29, 1.82) is 0 Å². The molecule has 3 aliphatic carbocycles. The molecule has 0 radical (unpaired) electrons. The third kappa shape index (κ3) is 1.88. The van der Waals surface area contributed by atoms with Crippen molar-refractivity contribution in [2.24, 2.45) is 28.6 Å². The van der Waals surface area contributed by atoms with Crippen LogP contribution in [0, 0.1) is 28.6 Å². The summed E-state index contributed by atoms with van der Waals surface area (Å²) in [6.07, 6.45) is -2.58. The molecule has 2 saturated carbocycles. The Bertz CT molecular complexity index is 713. The molecule has 0 aromatic carbocycles. The number of aliphatic hydroxyl groups excluding tert-OH is 3. The summed E-state index contributed by atoms with van der Waals surface area (Å²) in [6.45, 7) is 7.41. The molecule has 0 aromatic rings. The van der Waals surface area contributed by atoms with E-state index >= 15 is 0 Å². The van der Waals surface area contributed by atoms with Crippen LogP contribution < -0.4 is 0 Å². The molecule has 0 unspecified atom stereocenters. The number of Topliss-reactive ketones (excluding diaryl/α,β-unsaturated/α-hetero) is 1. The molecular formula is C20H28O6. The minimum Gasteiger partial charge on any atom is -0.459 e. The lowest BCUT2D eigenvalue weighted by molar-refractivity contribution is -0.262. The van der Waals surface area contributed by atoms with Crippen LogP contribution >= 0.6 is 0 Å². The second-order valence-electron chi connectivity index (χ2n) is 9.22. The first-order valence-electron chi connectivity index (χ1n) is 9.54. The van der Waals surface area contributed by atoms with E-state index < -0.39 is 47.1 Å². The van der Waals surface area contributed by atoms with Crippen molar-refractivity contribution < 1.29 is 29.6 Å². The Hall–Kier alpha value is -1.24. The normalized spacial score (nSPS) is 53.7. The fraction of sp³-hybridized carbons (Fsp3) is 0.800. The maximum Gasteiger partial charge on any atom is 0.306 e. The van der Waals surface area contributed by atoms with Gasteiger partial charge in [-0.2, -0.15) is 0 Å². The highest BCUT2D eigenvalue weighted by Gasteiger charge is 2.72. The Morgan fingerprint density at radius 2 is 1.81 bits per heavy atom. The summed E-state index contributed by atoms with van der Waals surface area (Å²) in [6, 6.07) is 0. The molecule has 0 spiro atoms. The maximum absolute atomic E-state index is 13.2. The standard InChI is InChI=1S/C20H28O6/c1-8-5-6-11(21)20(4)13(8)14(23)18(25)19(3)10-7-12(22)26-16(9(10)2)15(24)17(19)20/h9-11,15-18,21,24-25H,5-7H2,1-4H3/t9-,10+,11-,15+,16-,17+,18+,19+,20+/m1/s1. The summed E-state index contributed by atoms with van der Waals surface area (Å²) < 4.78 is 5.47. The van der Waals surface area contributed by atoms with Crippen molar-refractivity contribution in [2.75, 3.05) is 0 Å². The molecule has 0 aromatic heterocycles. The number of ketones is 1. The molecule has 4 rings (SSSR count). The van der Waals surface area contributed by atoms with Crippen LogP contribution in [0.15, 0.2) is 11.1 Å². The first-order chi connectivity index (χ1) is 12.1. The molecule has 3 N–H and O–H groups in total. The minimum absolute atomic E-state index is 0.117. The van der Waals surface area contributed by atoms with E-state index in [-0.39, 0.29) is 24.0 Å². The molecular weight excluding hydrogens is 336 g/mol. The number of rotatable bonds is 0. The number of ether oxygens (including phenoxy) is 1. The average Bonchev–Trinajstić information content (AvgIpc) is 2.57. The highest BCUT2D eigenvalue weighted by Crippen LogP contribution is 2.66. The summed E-state index contributed by atoms with van der Waals surface area (Å²) in [7, 11) is 0. The van der Waals surface area contributed by atoms with Gasteiger partial charge in [0.1, 0.15) is 12.2 Å². The van der Waals surface area contributed by atoms with Crippen LogP contribution in [0.1, 0.15) is 47.0 Å². The molecule has 3 fully saturated rings. The number of carbonyl (C=O) groups is 2. The van der Waals surface area contributed by atoms with E-state index in [9.17, 15) is 24.9 Å². The van der Waals surface area contributed by atoms with Gasteiger partial charge < -0.3 is 20.1 Å². The summed E-state index contributed by atoms with van der Waals surface area (Å²) in [4.78, 5) is 25.3. The lowest BCUT2D eigenvalue weighted by Gasteiger charge is -2.66. The Morgan fingerprint density at radius 1 is 1.15 bits per heavy atom. The first-order valence-corrected chi connectivity index (χ1v) is 9.54. The Kier molecular flexibility index (Phi) is 3.76. The van der Waals surface area contributed by atoms with Crippen LogP contribution in [0.25, 0.3) is 0 Å². The van der Waals surface area contributed by atoms with Gasteiger partial charge in [0.05, 0.1) is 12.2 Å². The monoisotopic (exact) mass is 364 g/mol. The fourth-order valence-electron chi connectivity index (χ4n) is 6.89. The van der Waals surface area contributed by atoms with Crippen molar-refractivity contribution in [2.45, 2.75) is 71.4 Å². The van der Waals surface area contributed by atoms with Gasteiger partial charge in [0.25, 0.3) is 0 Å². The van der Waals surface area contributed by atoms with Crippen LogP contribution in [-0.4, -0.2) is 51.5 Å². The lowest BCUT2D eigenvalue weighted by atomic mass is 9.39. The van der Waals surface area contributed by atoms with Gasteiger partial charge in [-0.1, -0.05) is 26.3 Å². The number of carbonyl (C=O) groups excluding carboxylic acids is 2. The predicted octanol–water partition coefficient (Wildman–Crippen LogP) is 0.972. The molecule has 6 heteroatoms. The van der Waals surface area contributed by atoms with E-state index in [0.717, 1.165) is 5.57 Å². The summed E-state index contributed by atoms with van der Waals surface area (Å²) in [5.41, 5.74) is -0.628. The second-order valence-corrected chi connectivity index (χ2v) is 9.22.